The Labute approximate surface area is 149 Å². The summed E-state index contributed by atoms with van der Waals surface area (Å²) in [4.78, 5) is 26.5. The lowest BCUT2D eigenvalue weighted by Crippen LogP contribution is -2.37. The van der Waals surface area contributed by atoms with Gasteiger partial charge in [-0.25, -0.2) is 0 Å². The number of hydrogen-bond donors (Lipinski definition) is 2. The van der Waals surface area contributed by atoms with Crippen LogP contribution in [0.15, 0.2) is 30.5 Å². The first-order valence-corrected chi connectivity index (χ1v) is 8.71. The van der Waals surface area contributed by atoms with Gasteiger partial charge in [0.25, 0.3) is 5.91 Å². The maximum atomic E-state index is 13.0. The summed E-state index contributed by atoms with van der Waals surface area (Å²) in [5, 5.41) is 17.1. The SMILES string of the molecule is O=C(c1cn[nH]c1-c1cccc(Cl)c1)N1C[C@@H]2CCC[C@@]2(C(=O)O)C1. The second-order valence-corrected chi connectivity index (χ2v) is 7.34. The second kappa shape index (κ2) is 5.88. The highest BCUT2D eigenvalue weighted by Gasteiger charge is 2.56. The Bertz CT molecular complexity index is 850. The molecule has 4 rings (SSSR count). The molecule has 0 bridgehead atoms. The Hall–Kier alpha value is -2.34. The van der Waals surface area contributed by atoms with Gasteiger partial charge in [-0.15, -0.1) is 0 Å². The third-order valence-corrected chi connectivity index (χ3v) is 5.80. The van der Waals surface area contributed by atoms with E-state index >= 15 is 0 Å². The zero-order valence-corrected chi connectivity index (χ0v) is 14.3. The summed E-state index contributed by atoms with van der Waals surface area (Å²) >= 11 is 6.04. The van der Waals surface area contributed by atoms with Gasteiger partial charge in [-0.2, -0.15) is 5.10 Å². The lowest BCUT2D eigenvalue weighted by molar-refractivity contribution is -0.149. The summed E-state index contributed by atoms with van der Waals surface area (Å²) in [6, 6.07) is 7.20. The first-order valence-electron chi connectivity index (χ1n) is 8.33. The number of carbonyl (C=O) groups excluding carboxylic acids is 1. The fourth-order valence-electron chi connectivity index (χ4n) is 4.28. The number of halogens is 1. The molecule has 25 heavy (non-hydrogen) atoms. The second-order valence-electron chi connectivity index (χ2n) is 6.91. The summed E-state index contributed by atoms with van der Waals surface area (Å²) in [6.07, 6.45) is 3.92. The number of carboxylic acid groups (broad SMARTS) is 1. The summed E-state index contributed by atoms with van der Waals surface area (Å²) < 4.78 is 0. The molecule has 1 aromatic carbocycles. The minimum absolute atomic E-state index is 0.0375. The van der Waals surface area contributed by atoms with Crippen LogP contribution >= 0.6 is 11.6 Å². The minimum atomic E-state index is -0.785. The molecule has 2 aromatic rings. The number of aromatic amines is 1. The normalized spacial score (nSPS) is 25.2. The molecule has 1 aliphatic carbocycles. The molecule has 7 heteroatoms. The van der Waals surface area contributed by atoms with E-state index in [0.717, 1.165) is 18.4 Å². The molecular formula is C18H18ClN3O3. The lowest BCUT2D eigenvalue weighted by Gasteiger charge is -2.23. The van der Waals surface area contributed by atoms with Crippen molar-refractivity contribution in [3.8, 4) is 11.3 Å². The Kier molecular flexibility index (Phi) is 3.80. The Balaban J connectivity index is 1.63. The van der Waals surface area contributed by atoms with E-state index in [0.29, 0.717) is 29.2 Å². The molecule has 1 saturated carbocycles. The molecule has 0 radical (unpaired) electrons. The summed E-state index contributed by atoms with van der Waals surface area (Å²) in [6.45, 7) is 0.761. The molecule has 0 unspecified atom stereocenters. The zero-order valence-electron chi connectivity index (χ0n) is 13.5. The van der Waals surface area contributed by atoms with Crippen LogP contribution in [0.4, 0.5) is 0 Å². The lowest BCUT2D eigenvalue weighted by atomic mass is 9.81. The standard InChI is InChI=1S/C18H18ClN3O3/c19-13-5-1-3-11(7-13)15-14(8-20-21-15)16(23)22-9-12-4-2-6-18(12,10-22)17(24)25/h1,3,5,7-8,12H,2,4,6,9-10H2,(H,20,21)(H,24,25)/t12-,18+/m0/s1. The Morgan fingerprint density at radius 3 is 2.96 bits per heavy atom. The van der Waals surface area contributed by atoms with Crippen molar-refractivity contribution in [3.63, 3.8) is 0 Å². The number of H-pyrrole nitrogens is 1. The molecular weight excluding hydrogens is 342 g/mol. The molecule has 2 atom stereocenters. The molecule has 2 N–H and O–H groups in total. The van der Waals surface area contributed by atoms with Crippen LogP contribution in [0, 0.1) is 11.3 Å². The summed E-state index contributed by atoms with van der Waals surface area (Å²) in [5.41, 5.74) is 1.05. The Morgan fingerprint density at radius 2 is 2.24 bits per heavy atom. The third-order valence-electron chi connectivity index (χ3n) is 5.57. The zero-order chi connectivity index (χ0) is 17.6. The van der Waals surface area contributed by atoms with E-state index in [2.05, 4.69) is 10.2 Å². The van der Waals surface area contributed by atoms with E-state index in [1.165, 1.54) is 6.20 Å². The van der Waals surface area contributed by atoms with Gasteiger partial charge in [-0.1, -0.05) is 30.2 Å². The van der Waals surface area contributed by atoms with Gasteiger partial charge in [0, 0.05) is 23.7 Å². The van der Waals surface area contributed by atoms with Crippen LogP contribution in [0.1, 0.15) is 29.6 Å². The van der Waals surface area contributed by atoms with Crippen molar-refractivity contribution in [1.29, 1.82) is 0 Å². The van der Waals surface area contributed by atoms with Crippen molar-refractivity contribution >= 4 is 23.5 Å². The number of amides is 1. The van der Waals surface area contributed by atoms with Gasteiger partial charge < -0.3 is 10.0 Å². The first kappa shape index (κ1) is 16.1. The van der Waals surface area contributed by atoms with Gasteiger partial charge in [0.05, 0.1) is 22.9 Å². The van der Waals surface area contributed by atoms with Crippen LogP contribution in [0.25, 0.3) is 11.3 Å². The number of likely N-dealkylation sites (tertiary alicyclic amines) is 1. The van der Waals surface area contributed by atoms with E-state index in [4.69, 9.17) is 11.6 Å². The quantitative estimate of drug-likeness (QED) is 0.881. The molecule has 2 aliphatic rings. The number of carboxylic acids is 1. The van der Waals surface area contributed by atoms with E-state index in [1.54, 1.807) is 17.0 Å². The molecule has 6 nitrogen and oxygen atoms in total. The molecule has 2 fully saturated rings. The van der Waals surface area contributed by atoms with Gasteiger partial charge in [-0.3, -0.25) is 14.7 Å². The highest BCUT2D eigenvalue weighted by molar-refractivity contribution is 6.30. The maximum Gasteiger partial charge on any atom is 0.311 e. The van der Waals surface area contributed by atoms with Crippen LogP contribution < -0.4 is 0 Å². The maximum absolute atomic E-state index is 13.0. The van der Waals surface area contributed by atoms with Crippen molar-refractivity contribution in [2.75, 3.05) is 13.1 Å². The fraction of sp³-hybridized carbons (Fsp3) is 0.389. The highest BCUT2D eigenvalue weighted by atomic mass is 35.5. The van der Waals surface area contributed by atoms with Crippen LogP contribution in [0.3, 0.4) is 0 Å². The van der Waals surface area contributed by atoms with Gasteiger partial charge >= 0.3 is 5.97 Å². The van der Waals surface area contributed by atoms with Crippen molar-refractivity contribution in [2.24, 2.45) is 11.3 Å². The molecule has 1 aliphatic heterocycles. The predicted octanol–water partition coefficient (Wildman–Crippen LogP) is 3.06. The molecule has 2 heterocycles. The summed E-state index contributed by atoms with van der Waals surface area (Å²) in [5.74, 6) is -0.929. The highest BCUT2D eigenvalue weighted by Crippen LogP contribution is 2.49. The van der Waals surface area contributed by atoms with Crippen molar-refractivity contribution in [2.45, 2.75) is 19.3 Å². The smallest absolute Gasteiger partial charge is 0.311 e. The number of hydrogen-bond acceptors (Lipinski definition) is 3. The Morgan fingerprint density at radius 1 is 1.40 bits per heavy atom. The fourth-order valence-corrected chi connectivity index (χ4v) is 4.47. The minimum Gasteiger partial charge on any atom is -0.481 e. The van der Waals surface area contributed by atoms with Crippen molar-refractivity contribution in [1.82, 2.24) is 15.1 Å². The molecule has 1 saturated heterocycles. The molecule has 130 valence electrons. The van der Waals surface area contributed by atoms with Crippen molar-refractivity contribution in [3.05, 3.63) is 41.0 Å². The summed E-state index contributed by atoms with van der Waals surface area (Å²) in [7, 11) is 0. The number of benzene rings is 1. The van der Waals surface area contributed by atoms with Gasteiger partial charge in [-0.05, 0) is 30.9 Å². The molecule has 1 aromatic heterocycles. The van der Waals surface area contributed by atoms with Crippen LogP contribution in [-0.4, -0.2) is 45.2 Å². The van der Waals surface area contributed by atoms with Gasteiger partial charge in [0.15, 0.2) is 0 Å². The van der Waals surface area contributed by atoms with E-state index in [-0.39, 0.29) is 18.4 Å². The van der Waals surface area contributed by atoms with E-state index in [9.17, 15) is 14.7 Å². The average molecular weight is 360 g/mol. The number of rotatable bonds is 3. The van der Waals surface area contributed by atoms with Gasteiger partial charge in [0.1, 0.15) is 0 Å². The number of nitrogens with zero attached hydrogens (tertiary/aromatic N) is 2. The number of carbonyl (C=O) groups is 2. The van der Waals surface area contributed by atoms with E-state index < -0.39 is 11.4 Å². The predicted molar refractivity (Wildman–Crippen MR) is 92.3 cm³/mol. The van der Waals surface area contributed by atoms with Crippen molar-refractivity contribution < 1.29 is 14.7 Å². The van der Waals surface area contributed by atoms with Gasteiger partial charge in [0.2, 0.25) is 0 Å². The average Bonchev–Trinajstić information content (AvgIpc) is 3.28. The molecule has 0 spiro atoms. The molecule has 1 amide bonds. The largest absolute Gasteiger partial charge is 0.481 e. The topological polar surface area (TPSA) is 86.3 Å². The monoisotopic (exact) mass is 359 g/mol. The van der Waals surface area contributed by atoms with Crippen LogP contribution in [-0.2, 0) is 4.79 Å². The van der Waals surface area contributed by atoms with Crippen LogP contribution in [0.2, 0.25) is 5.02 Å². The number of fused-ring (bicyclic) bond motifs is 1. The number of nitrogens with one attached hydrogen (secondary N) is 1. The number of aromatic nitrogens is 2. The first-order chi connectivity index (χ1) is 12.0. The van der Waals surface area contributed by atoms with Crippen LogP contribution in [0.5, 0.6) is 0 Å². The van der Waals surface area contributed by atoms with E-state index in [1.807, 2.05) is 12.1 Å². The third kappa shape index (κ3) is 2.52. The number of aliphatic carboxylic acids is 1.